The van der Waals surface area contributed by atoms with Crippen LogP contribution in [0.15, 0.2) is 38.7 Å². The average Bonchev–Trinajstić information content (AvgIpc) is 2.35. The second-order valence-electron chi connectivity index (χ2n) is 4.11. The van der Waals surface area contributed by atoms with Crippen LogP contribution >= 0.6 is 15.9 Å². The van der Waals surface area contributed by atoms with Crippen LogP contribution in [-0.4, -0.2) is 14.1 Å². The fourth-order valence-corrected chi connectivity index (χ4v) is 2.33. The van der Waals surface area contributed by atoms with Gasteiger partial charge < -0.3 is 0 Å². The molecule has 0 saturated carbocycles. The van der Waals surface area contributed by atoms with Crippen LogP contribution in [0.5, 0.6) is 0 Å². The predicted octanol–water partition coefficient (Wildman–Crippen LogP) is 3.15. The molecule has 0 saturated heterocycles. The first-order valence-electron chi connectivity index (χ1n) is 5.68. The number of nitrogens with zero attached hydrogens (tertiary/aromatic N) is 1. The van der Waals surface area contributed by atoms with Crippen molar-refractivity contribution in [1.82, 2.24) is 4.83 Å². The maximum absolute atomic E-state index is 11.9. The van der Waals surface area contributed by atoms with Crippen LogP contribution < -0.4 is 4.83 Å². The molecule has 1 aromatic rings. The van der Waals surface area contributed by atoms with Crippen molar-refractivity contribution in [3.8, 4) is 0 Å². The second kappa shape index (κ2) is 6.33. The van der Waals surface area contributed by atoms with Crippen molar-refractivity contribution in [2.75, 3.05) is 0 Å². The lowest BCUT2D eigenvalue weighted by Crippen LogP contribution is -2.21. The number of rotatable bonds is 5. The number of benzene rings is 1. The molecule has 0 heterocycles. The summed E-state index contributed by atoms with van der Waals surface area (Å²) in [6, 6.07) is 6.42. The summed E-state index contributed by atoms with van der Waals surface area (Å²) in [6.45, 7) is 5.86. The highest BCUT2D eigenvalue weighted by Gasteiger charge is 2.13. The third-order valence-corrected chi connectivity index (χ3v) is 4.54. The first-order chi connectivity index (χ1) is 8.36. The standard InChI is InChI=1S/C12H17BrN2O2S/c1-4-9(2)10(3)14-15-18(16,17)12-7-5-11(13)6-8-12/h5-9,15H,4H2,1-3H3/b14-10-/t9-/m0/s1. The summed E-state index contributed by atoms with van der Waals surface area (Å²) in [4.78, 5) is 2.45. The van der Waals surface area contributed by atoms with Crippen molar-refractivity contribution < 1.29 is 8.42 Å². The van der Waals surface area contributed by atoms with E-state index in [9.17, 15) is 8.42 Å². The van der Waals surface area contributed by atoms with Gasteiger partial charge in [0, 0.05) is 10.2 Å². The molecule has 1 atom stereocenters. The van der Waals surface area contributed by atoms with Gasteiger partial charge in [0.1, 0.15) is 0 Å². The summed E-state index contributed by atoms with van der Waals surface area (Å²) >= 11 is 3.26. The van der Waals surface area contributed by atoms with Crippen molar-refractivity contribution in [3.63, 3.8) is 0 Å². The molecule has 0 aliphatic rings. The fourth-order valence-electron chi connectivity index (χ4n) is 1.20. The molecule has 1 rings (SSSR count). The van der Waals surface area contributed by atoms with Crippen LogP contribution in [0.1, 0.15) is 27.2 Å². The number of sulfonamides is 1. The Bertz CT molecular complexity index is 524. The number of nitrogens with one attached hydrogen (secondary N) is 1. The topological polar surface area (TPSA) is 58.5 Å². The molecule has 0 aliphatic carbocycles. The molecule has 4 nitrogen and oxygen atoms in total. The quantitative estimate of drug-likeness (QED) is 0.665. The summed E-state index contributed by atoms with van der Waals surface area (Å²) in [7, 11) is -3.57. The van der Waals surface area contributed by atoms with E-state index in [1.54, 1.807) is 12.1 Å². The molecule has 0 radical (unpaired) electrons. The molecule has 0 amide bonds. The van der Waals surface area contributed by atoms with Crippen molar-refractivity contribution in [2.45, 2.75) is 32.1 Å². The summed E-state index contributed by atoms with van der Waals surface area (Å²) < 4.78 is 24.7. The third kappa shape index (κ3) is 4.10. The Morgan fingerprint density at radius 3 is 2.44 bits per heavy atom. The SMILES string of the molecule is CC[C@H](C)/C(C)=N\NS(=O)(=O)c1ccc(Br)cc1. The van der Waals surface area contributed by atoms with E-state index < -0.39 is 10.0 Å². The lowest BCUT2D eigenvalue weighted by molar-refractivity contribution is 0.583. The Morgan fingerprint density at radius 1 is 1.39 bits per heavy atom. The van der Waals surface area contributed by atoms with E-state index >= 15 is 0 Å². The Labute approximate surface area is 117 Å². The molecular weight excluding hydrogens is 316 g/mol. The Balaban J connectivity index is 2.86. The lowest BCUT2D eigenvalue weighted by atomic mass is 10.1. The van der Waals surface area contributed by atoms with Crippen LogP contribution in [-0.2, 0) is 10.0 Å². The van der Waals surface area contributed by atoms with Gasteiger partial charge in [-0.3, -0.25) is 0 Å². The Hall–Kier alpha value is -0.880. The third-order valence-electron chi connectivity index (χ3n) is 2.79. The van der Waals surface area contributed by atoms with Crippen molar-refractivity contribution >= 4 is 31.7 Å². The molecular formula is C12H17BrN2O2S. The zero-order valence-electron chi connectivity index (χ0n) is 10.6. The largest absolute Gasteiger partial charge is 0.276 e. The Kier molecular flexibility index (Phi) is 5.34. The number of hydrogen-bond donors (Lipinski definition) is 1. The summed E-state index contributed by atoms with van der Waals surface area (Å²) in [5.74, 6) is 0.262. The van der Waals surface area contributed by atoms with E-state index in [1.807, 2.05) is 20.8 Å². The number of hydrazone groups is 1. The fraction of sp³-hybridized carbons (Fsp3) is 0.417. The van der Waals surface area contributed by atoms with Gasteiger partial charge in [-0.25, -0.2) is 4.83 Å². The van der Waals surface area contributed by atoms with Gasteiger partial charge in [0.05, 0.1) is 4.90 Å². The zero-order valence-corrected chi connectivity index (χ0v) is 13.0. The van der Waals surface area contributed by atoms with Crippen LogP contribution in [0.25, 0.3) is 0 Å². The molecule has 0 fully saturated rings. The molecule has 6 heteroatoms. The molecule has 0 bridgehead atoms. The van der Waals surface area contributed by atoms with E-state index in [0.717, 1.165) is 16.6 Å². The van der Waals surface area contributed by atoms with E-state index in [2.05, 4.69) is 25.9 Å². The van der Waals surface area contributed by atoms with Gasteiger partial charge in [-0.2, -0.15) is 13.5 Å². The van der Waals surface area contributed by atoms with E-state index in [0.29, 0.717) is 0 Å². The molecule has 0 aromatic heterocycles. The summed E-state index contributed by atoms with van der Waals surface area (Å²) in [5.41, 5.74) is 0.776. The van der Waals surface area contributed by atoms with Crippen LogP contribution in [0.3, 0.4) is 0 Å². The van der Waals surface area contributed by atoms with Gasteiger partial charge in [0.15, 0.2) is 0 Å². The molecule has 0 aliphatic heterocycles. The second-order valence-corrected chi connectivity index (χ2v) is 6.69. The van der Waals surface area contributed by atoms with Crippen molar-refractivity contribution in [2.24, 2.45) is 11.0 Å². The zero-order chi connectivity index (χ0) is 13.8. The average molecular weight is 333 g/mol. The van der Waals surface area contributed by atoms with Crippen LogP contribution in [0, 0.1) is 5.92 Å². The lowest BCUT2D eigenvalue weighted by Gasteiger charge is -2.09. The van der Waals surface area contributed by atoms with Crippen molar-refractivity contribution in [3.05, 3.63) is 28.7 Å². The maximum atomic E-state index is 11.9. The van der Waals surface area contributed by atoms with Crippen molar-refractivity contribution in [1.29, 1.82) is 0 Å². The smallest absolute Gasteiger partial charge is 0.200 e. The van der Waals surface area contributed by atoms with E-state index in [1.165, 1.54) is 12.1 Å². The first kappa shape index (κ1) is 15.2. The molecule has 18 heavy (non-hydrogen) atoms. The highest BCUT2D eigenvalue weighted by molar-refractivity contribution is 9.10. The summed E-state index contributed by atoms with van der Waals surface area (Å²) in [5, 5.41) is 3.93. The molecule has 0 unspecified atom stereocenters. The van der Waals surface area contributed by atoms with Crippen LogP contribution in [0.2, 0.25) is 0 Å². The molecule has 100 valence electrons. The van der Waals surface area contributed by atoms with Gasteiger partial charge in [-0.05, 0) is 43.5 Å². The number of hydrogen-bond acceptors (Lipinski definition) is 3. The highest BCUT2D eigenvalue weighted by atomic mass is 79.9. The Morgan fingerprint density at radius 2 is 1.94 bits per heavy atom. The predicted molar refractivity (Wildman–Crippen MR) is 77.0 cm³/mol. The van der Waals surface area contributed by atoms with Crippen LogP contribution in [0.4, 0.5) is 0 Å². The minimum atomic E-state index is -3.57. The monoisotopic (exact) mass is 332 g/mol. The highest BCUT2D eigenvalue weighted by Crippen LogP contribution is 2.14. The van der Waals surface area contributed by atoms with Gasteiger partial charge in [-0.15, -0.1) is 0 Å². The minimum absolute atomic E-state index is 0.200. The number of halogens is 1. The minimum Gasteiger partial charge on any atom is -0.200 e. The van der Waals surface area contributed by atoms with Gasteiger partial charge in [0.2, 0.25) is 0 Å². The van der Waals surface area contributed by atoms with Gasteiger partial charge >= 0.3 is 0 Å². The maximum Gasteiger partial charge on any atom is 0.276 e. The summed E-state index contributed by atoms with van der Waals surface area (Å²) in [6.07, 6.45) is 0.926. The van der Waals surface area contributed by atoms with E-state index in [4.69, 9.17) is 0 Å². The molecule has 1 aromatic carbocycles. The first-order valence-corrected chi connectivity index (χ1v) is 7.96. The molecule has 1 N–H and O–H groups in total. The van der Waals surface area contributed by atoms with E-state index in [-0.39, 0.29) is 10.8 Å². The van der Waals surface area contributed by atoms with Gasteiger partial charge in [-0.1, -0.05) is 29.8 Å². The molecule has 0 spiro atoms. The normalized spacial score (nSPS) is 14.3. The van der Waals surface area contributed by atoms with Gasteiger partial charge in [0.25, 0.3) is 10.0 Å².